The van der Waals surface area contributed by atoms with E-state index in [1.807, 2.05) is 71.5 Å². The van der Waals surface area contributed by atoms with Crippen LogP contribution in [-0.4, -0.2) is 66.9 Å². The summed E-state index contributed by atoms with van der Waals surface area (Å²) in [7, 11) is 3.95. The number of aromatic amines is 1. The molecular formula is C20H26N4O2. The topological polar surface area (TPSA) is 59.7 Å². The lowest BCUT2D eigenvalue weighted by atomic mass is 10.1. The Morgan fingerprint density at radius 2 is 1.69 bits per heavy atom. The van der Waals surface area contributed by atoms with Crippen molar-refractivity contribution in [1.82, 2.24) is 14.8 Å². The molecule has 1 fully saturated rings. The zero-order valence-electron chi connectivity index (χ0n) is 15.4. The molecule has 0 saturated carbocycles. The summed E-state index contributed by atoms with van der Waals surface area (Å²) < 4.78 is 0. The van der Waals surface area contributed by atoms with Crippen molar-refractivity contribution in [1.29, 1.82) is 0 Å². The van der Waals surface area contributed by atoms with Gasteiger partial charge in [0.1, 0.15) is 0 Å². The molecule has 1 aromatic carbocycles. The van der Waals surface area contributed by atoms with Gasteiger partial charge in [0, 0.05) is 63.9 Å². The molecule has 26 heavy (non-hydrogen) atoms. The van der Waals surface area contributed by atoms with Crippen LogP contribution < -0.4 is 4.90 Å². The molecule has 1 aromatic heterocycles. The van der Waals surface area contributed by atoms with Crippen molar-refractivity contribution in [3.05, 3.63) is 53.9 Å². The molecule has 0 aliphatic carbocycles. The molecule has 0 radical (unpaired) electrons. The first-order valence-electron chi connectivity index (χ1n) is 9.00. The molecule has 1 saturated heterocycles. The van der Waals surface area contributed by atoms with Crippen LogP contribution in [-0.2, 0) is 11.2 Å². The molecule has 1 aliphatic heterocycles. The number of nitrogens with zero attached hydrogens (tertiary/aromatic N) is 3. The van der Waals surface area contributed by atoms with Crippen molar-refractivity contribution in [3.63, 3.8) is 0 Å². The SMILES string of the molecule is CN(C)c1ccc(C(=O)N2CCCN(C(=O)Cc3cc[nH]c3)CC2)cc1. The molecule has 3 rings (SSSR count). The van der Waals surface area contributed by atoms with E-state index < -0.39 is 0 Å². The number of nitrogens with one attached hydrogen (secondary N) is 1. The molecule has 0 spiro atoms. The summed E-state index contributed by atoms with van der Waals surface area (Å²) >= 11 is 0. The molecule has 2 aromatic rings. The quantitative estimate of drug-likeness (QED) is 0.914. The standard InChI is InChI=1S/C20H26N4O2/c1-22(2)18-6-4-17(5-7-18)20(26)24-11-3-10-23(12-13-24)19(25)14-16-8-9-21-15-16/h4-9,15,21H,3,10-14H2,1-2H3. The fourth-order valence-corrected chi connectivity index (χ4v) is 3.21. The van der Waals surface area contributed by atoms with Gasteiger partial charge in [0.2, 0.25) is 5.91 Å². The lowest BCUT2D eigenvalue weighted by Crippen LogP contribution is -2.38. The van der Waals surface area contributed by atoms with Crippen molar-refractivity contribution in [3.8, 4) is 0 Å². The van der Waals surface area contributed by atoms with E-state index >= 15 is 0 Å². The van der Waals surface area contributed by atoms with Crippen molar-refractivity contribution < 1.29 is 9.59 Å². The predicted molar refractivity (Wildman–Crippen MR) is 102 cm³/mol. The molecule has 0 bridgehead atoms. The Kier molecular flexibility index (Phi) is 5.61. The molecule has 0 atom stereocenters. The smallest absolute Gasteiger partial charge is 0.253 e. The second-order valence-electron chi connectivity index (χ2n) is 6.86. The summed E-state index contributed by atoms with van der Waals surface area (Å²) in [5, 5.41) is 0. The third-order valence-electron chi connectivity index (χ3n) is 4.78. The minimum absolute atomic E-state index is 0.0373. The Bertz CT molecular complexity index is 738. The van der Waals surface area contributed by atoms with E-state index in [0.717, 1.165) is 17.7 Å². The average molecular weight is 354 g/mol. The summed E-state index contributed by atoms with van der Waals surface area (Å²) in [4.78, 5) is 33.9. The number of amides is 2. The maximum absolute atomic E-state index is 12.8. The first-order valence-corrected chi connectivity index (χ1v) is 9.00. The van der Waals surface area contributed by atoms with Crippen LogP contribution in [0, 0.1) is 0 Å². The Hall–Kier alpha value is -2.76. The number of carbonyl (C=O) groups is 2. The van der Waals surface area contributed by atoms with Crippen molar-refractivity contribution in [2.75, 3.05) is 45.2 Å². The Morgan fingerprint density at radius 3 is 2.35 bits per heavy atom. The summed E-state index contributed by atoms with van der Waals surface area (Å²) in [5.41, 5.74) is 2.76. The highest BCUT2D eigenvalue weighted by Crippen LogP contribution is 2.15. The highest BCUT2D eigenvalue weighted by Gasteiger charge is 2.23. The van der Waals surface area contributed by atoms with Crippen LogP contribution in [0.2, 0.25) is 0 Å². The van der Waals surface area contributed by atoms with Crippen LogP contribution in [0.1, 0.15) is 22.3 Å². The van der Waals surface area contributed by atoms with Crippen LogP contribution in [0.3, 0.4) is 0 Å². The van der Waals surface area contributed by atoms with Crippen LogP contribution in [0.25, 0.3) is 0 Å². The normalized spacial score (nSPS) is 14.8. The first kappa shape index (κ1) is 18.0. The van der Waals surface area contributed by atoms with E-state index in [9.17, 15) is 9.59 Å². The summed E-state index contributed by atoms with van der Waals surface area (Å²) in [6.07, 6.45) is 4.89. The van der Waals surface area contributed by atoms with Crippen LogP contribution in [0.15, 0.2) is 42.7 Å². The van der Waals surface area contributed by atoms with Gasteiger partial charge in [-0.05, 0) is 42.3 Å². The number of H-pyrrole nitrogens is 1. The first-order chi connectivity index (χ1) is 12.5. The molecule has 1 N–H and O–H groups in total. The molecule has 1 aliphatic rings. The van der Waals surface area contributed by atoms with Gasteiger partial charge in [0.15, 0.2) is 0 Å². The zero-order valence-corrected chi connectivity index (χ0v) is 15.4. The monoisotopic (exact) mass is 354 g/mol. The number of hydrogen-bond donors (Lipinski definition) is 1. The second kappa shape index (κ2) is 8.08. The fraction of sp³-hybridized carbons (Fsp3) is 0.400. The van der Waals surface area contributed by atoms with Gasteiger partial charge in [-0.3, -0.25) is 9.59 Å². The van der Waals surface area contributed by atoms with E-state index in [4.69, 9.17) is 0 Å². The summed E-state index contributed by atoms with van der Waals surface area (Å²) in [5.74, 6) is 0.157. The van der Waals surface area contributed by atoms with Crippen molar-refractivity contribution >= 4 is 17.5 Å². The van der Waals surface area contributed by atoms with Gasteiger partial charge in [-0.25, -0.2) is 0 Å². The largest absolute Gasteiger partial charge is 0.378 e. The maximum atomic E-state index is 12.8. The molecular weight excluding hydrogens is 328 g/mol. The fourth-order valence-electron chi connectivity index (χ4n) is 3.21. The van der Waals surface area contributed by atoms with Crippen molar-refractivity contribution in [2.45, 2.75) is 12.8 Å². The second-order valence-corrected chi connectivity index (χ2v) is 6.86. The number of benzene rings is 1. The Morgan fingerprint density at radius 1 is 1.00 bits per heavy atom. The minimum Gasteiger partial charge on any atom is -0.378 e. The van der Waals surface area contributed by atoms with Gasteiger partial charge in [0.25, 0.3) is 5.91 Å². The van der Waals surface area contributed by atoms with Crippen LogP contribution in [0.5, 0.6) is 0 Å². The van der Waals surface area contributed by atoms with Gasteiger partial charge in [-0.1, -0.05) is 0 Å². The van der Waals surface area contributed by atoms with E-state index in [0.29, 0.717) is 38.2 Å². The van der Waals surface area contributed by atoms with E-state index in [2.05, 4.69) is 4.98 Å². The van der Waals surface area contributed by atoms with E-state index in [1.54, 1.807) is 0 Å². The van der Waals surface area contributed by atoms with Gasteiger partial charge in [0.05, 0.1) is 6.42 Å². The molecule has 6 heteroatoms. The number of hydrogen-bond acceptors (Lipinski definition) is 3. The van der Waals surface area contributed by atoms with Crippen LogP contribution in [0.4, 0.5) is 5.69 Å². The number of anilines is 1. The molecule has 2 heterocycles. The third-order valence-corrected chi connectivity index (χ3v) is 4.78. The maximum Gasteiger partial charge on any atom is 0.253 e. The zero-order chi connectivity index (χ0) is 18.5. The van der Waals surface area contributed by atoms with Crippen molar-refractivity contribution in [2.24, 2.45) is 0 Å². The van der Waals surface area contributed by atoms with Gasteiger partial charge in [-0.15, -0.1) is 0 Å². The lowest BCUT2D eigenvalue weighted by Gasteiger charge is -2.22. The predicted octanol–water partition coefficient (Wildman–Crippen LogP) is 2.00. The van der Waals surface area contributed by atoms with E-state index in [-0.39, 0.29) is 11.8 Å². The summed E-state index contributed by atoms with van der Waals surface area (Å²) in [6.45, 7) is 2.55. The third kappa shape index (κ3) is 4.25. The molecule has 6 nitrogen and oxygen atoms in total. The highest BCUT2D eigenvalue weighted by atomic mass is 16.2. The highest BCUT2D eigenvalue weighted by molar-refractivity contribution is 5.94. The van der Waals surface area contributed by atoms with Gasteiger partial charge < -0.3 is 19.7 Å². The van der Waals surface area contributed by atoms with Gasteiger partial charge >= 0.3 is 0 Å². The number of carbonyl (C=O) groups excluding carboxylic acids is 2. The minimum atomic E-state index is 0.0373. The van der Waals surface area contributed by atoms with Crippen LogP contribution >= 0.6 is 0 Å². The summed E-state index contributed by atoms with van der Waals surface area (Å²) in [6, 6.07) is 9.58. The molecule has 0 unspecified atom stereocenters. The molecule has 2 amide bonds. The Balaban J connectivity index is 1.59. The number of aromatic nitrogens is 1. The Labute approximate surface area is 154 Å². The number of rotatable bonds is 4. The van der Waals surface area contributed by atoms with Gasteiger partial charge in [-0.2, -0.15) is 0 Å². The average Bonchev–Trinajstić information content (AvgIpc) is 3.02. The lowest BCUT2D eigenvalue weighted by molar-refractivity contribution is -0.130. The molecule has 138 valence electrons. The van der Waals surface area contributed by atoms with E-state index in [1.165, 1.54) is 0 Å².